The highest BCUT2D eigenvalue weighted by Gasteiger charge is 2.31. The van der Waals surface area contributed by atoms with Crippen molar-refractivity contribution in [2.24, 2.45) is 0 Å². The molecular weight excluding hydrogens is 428 g/mol. The van der Waals surface area contributed by atoms with E-state index in [1.54, 1.807) is 12.0 Å². The fourth-order valence-corrected chi connectivity index (χ4v) is 4.61. The summed E-state index contributed by atoms with van der Waals surface area (Å²) in [6, 6.07) is 17.5. The molecular formula is C24H26N2O3S2. The van der Waals surface area contributed by atoms with Gasteiger partial charge in [-0.25, -0.2) is 0 Å². The highest BCUT2D eigenvalue weighted by atomic mass is 32.2. The van der Waals surface area contributed by atoms with Crippen LogP contribution in [0.4, 0.5) is 0 Å². The van der Waals surface area contributed by atoms with Gasteiger partial charge in [0.2, 0.25) is 5.91 Å². The average Bonchev–Trinajstić information content (AvgIpc) is 3.05. The second kappa shape index (κ2) is 11.1. The van der Waals surface area contributed by atoms with E-state index in [0.29, 0.717) is 41.7 Å². The zero-order chi connectivity index (χ0) is 22.2. The molecule has 5 nitrogen and oxygen atoms in total. The van der Waals surface area contributed by atoms with Crippen LogP contribution in [0, 0.1) is 0 Å². The summed E-state index contributed by atoms with van der Waals surface area (Å²) in [5.41, 5.74) is 1.99. The molecule has 0 spiro atoms. The zero-order valence-electron chi connectivity index (χ0n) is 17.7. The van der Waals surface area contributed by atoms with Gasteiger partial charge >= 0.3 is 0 Å². The third-order valence-electron chi connectivity index (χ3n) is 4.99. The third kappa shape index (κ3) is 6.18. The Morgan fingerprint density at radius 1 is 1.19 bits per heavy atom. The molecule has 0 atom stereocenters. The standard InChI is InChI=1S/C24H26N2O3S2/c1-3-25(17-18-9-5-4-6-10-18)22(27)13-8-14-26-23(28)21(31-24(26)30)16-19-11-7-12-20(15-19)29-2/h4-7,9-12,15-16H,3,8,13-14,17H2,1-2H3/b21-16-. The van der Waals surface area contributed by atoms with Crippen molar-refractivity contribution in [3.05, 3.63) is 70.6 Å². The maximum atomic E-state index is 12.8. The van der Waals surface area contributed by atoms with Crippen LogP contribution >= 0.6 is 24.0 Å². The third-order valence-corrected chi connectivity index (χ3v) is 6.37. The van der Waals surface area contributed by atoms with Crippen LogP contribution in [0.5, 0.6) is 5.75 Å². The molecule has 1 aliphatic heterocycles. The van der Waals surface area contributed by atoms with Crippen LogP contribution < -0.4 is 4.74 Å². The maximum Gasteiger partial charge on any atom is 0.266 e. The lowest BCUT2D eigenvalue weighted by molar-refractivity contribution is -0.132. The molecule has 7 heteroatoms. The molecule has 1 fully saturated rings. The van der Waals surface area contributed by atoms with E-state index in [9.17, 15) is 9.59 Å². The van der Waals surface area contributed by atoms with E-state index in [1.807, 2.05) is 72.5 Å². The van der Waals surface area contributed by atoms with Crippen LogP contribution in [0.2, 0.25) is 0 Å². The maximum absolute atomic E-state index is 12.8. The lowest BCUT2D eigenvalue weighted by Gasteiger charge is -2.22. The van der Waals surface area contributed by atoms with Gasteiger partial charge < -0.3 is 9.64 Å². The first-order valence-electron chi connectivity index (χ1n) is 10.2. The Morgan fingerprint density at radius 2 is 1.97 bits per heavy atom. The number of carbonyl (C=O) groups is 2. The van der Waals surface area contributed by atoms with E-state index < -0.39 is 0 Å². The lowest BCUT2D eigenvalue weighted by Crippen LogP contribution is -2.32. The molecule has 3 rings (SSSR count). The average molecular weight is 455 g/mol. The number of hydrogen-bond acceptors (Lipinski definition) is 5. The second-order valence-electron chi connectivity index (χ2n) is 7.11. The summed E-state index contributed by atoms with van der Waals surface area (Å²) in [6.07, 6.45) is 2.78. The van der Waals surface area contributed by atoms with Crippen molar-refractivity contribution in [3.8, 4) is 5.75 Å². The fraction of sp³-hybridized carbons (Fsp3) is 0.292. The SMILES string of the molecule is CCN(Cc1ccccc1)C(=O)CCCN1C(=O)/C(=C/c2cccc(OC)c2)SC1=S. The van der Waals surface area contributed by atoms with E-state index in [-0.39, 0.29) is 11.8 Å². The molecule has 0 unspecified atom stereocenters. The van der Waals surface area contributed by atoms with Gasteiger partial charge in [-0.3, -0.25) is 14.5 Å². The van der Waals surface area contributed by atoms with Crippen LogP contribution in [-0.2, 0) is 16.1 Å². The summed E-state index contributed by atoms with van der Waals surface area (Å²) < 4.78 is 5.77. The Bertz CT molecular complexity index is 976. The summed E-state index contributed by atoms with van der Waals surface area (Å²) in [6.45, 7) is 3.67. The summed E-state index contributed by atoms with van der Waals surface area (Å²) in [4.78, 5) is 29.5. The van der Waals surface area contributed by atoms with Gasteiger partial charge in [0.1, 0.15) is 10.1 Å². The van der Waals surface area contributed by atoms with Crippen LogP contribution in [-0.4, -0.2) is 46.1 Å². The number of benzene rings is 2. The first-order chi connectivity index (χ1) is 15.0. The van der Waals surface area contributed by atoms with Crippen molar-refractivity contribution in [1.82, 2.24) is 9.80 Å². The van der Waals surface area contributed by atoms with Gasteiger partial charge in [0.25, 0.3) is 5.91 Å². The van der Waals surface area contributed by atoms with Gasteiger partial charge in [0.15, 0.2) is 0 Å². The quantitative estimate of drug-likeness (QED) is 0.405. The molecule has 1 aliphatic rings. The monoisotopic (exact) mass is 454 g/mol. The number of hydrogen-bond donors (Lipinski definition) is 0. The first kappa shape index (κ1) is 23.0. The van der Waals surface area contributed by atoms with E-state index in [2.05, 4.69) is 0 Å². The van der Waals surface area contributed by atoms with Crippen molar-refractivity contribution < 1.29 is 14.3 Å². The van der Waals surface area contributed by atoms with Crippen molar-refractivity contribution in [2.45, 2.75) is 26.3 Å². The van der Waals surface area contributed by atoms with Crippen LogP contribution in [0.15, 0.2) is 59.5 Å². The van der Waals surface area contributed by atoms with Gasteiger partial charge in [0, 0.05) is 26.1 Å². The largest absolute Gasteiger partial charge is 0.497 e. The molecule has 0 bridgehead atoms. The number of thiocarbonyl (C=S) groups is 1. The predicted molar refractivity (Wildman–Crippen MR) is 130 cm³/mol. The van der Waals surface area contributed by atoms with E-state index in [0.717, 1.165) is 16.9 Å². The number of ether oxygens (including phenoxy) is 1. The molecule has 0 aromatic heterocycles. The van der Waals surface area contributed by atoms with Crippen molar-refractivity contribution >= 4 is 46.2 Å². The molecule has 0 N–H and O–H groups in total. The normalized spacial score (nSPS) is 14.9. The predicted octanol–water partition coefficient (Wildman–Crippen LogP) is 4.73. The van der Waals surface area contributed by atoms with E-state index in [1.165, 1.54) is 11.8 Å². The molecule has 0 aliphatic carbocycles. The van der Waals surface area contributed by atoms with E-state index >= 15 is 0 Å². The molecule has 31 heavy (non-hydrogen) atoms. The molecule has 162 valence electrons. The Labute approximate surface area is 193 Å². The summed E-state index contributed by atoms with van der Waals surface area (Å²) >= 11 is 6.70. The Balaban J connectivity index is 1.55. The van der Waals surface area contributed by atoms with Crippen molar-refractivity contribution in [1.29, 1.82) is 0 Å². The van der Waals surface area contributed by atoms with Gasteiger partial charge in [-0.2, -0.15) is 0 Å². The molecule has 1 saturated heterocycles. The molecule has 2 aromatic carbocycles. The highest BCUT2D eigenvalue weighted by molar-refractivity contribution is 8.26. The van der Waals surface area contributed by atoms with Crippen LogP contribution in [0.1, 0.15) is 30.9 Å². The van der Waals surface area contributed by atoms with Crippen LogP contribution in [0.25, 0.3) is 6.08 Å². The molecule has 2 amide bonds. The number of thioether (sulfide) groups is 1. The van der Waals surface area contributed by atoms with Gasteiger partial charge in [0.05, 0.1) is 12.0 Å². The van der Waals surface area contributed by atoms with Gasteiger partial charge in [-0.1, -0.05) is 66.4 Å². The number of amides is 2. The Morgan fingerprint density at radius 3 is 2.68 bits per heavy atom. The second-order valence-corrected chi connectivity index (χ2v) is 8.78. The Hall–Kier alpha value is -2.64. The van der Waals surface area contributed by atoms with Crippen molar-refractivity contribution in [2.75, 3.05) is 20.2 Å². The summed E-state index contributed by atoms with van der Waals surface area (Å²) in [5, 5.41) is 0. The van der Waals surface area contributed by atoms with Crippen LogP contribution in [0.3, 0.4) is 0 Å². The topological polar surface area (TPSA) is 49.9 Å². The van der Waals surface area contributed by atoms with E-state index in [4.69, 9.17) is 17.0 Å². The summed E-state index contributed by atoms with van der Waals surface area (Å²) in [5.74, 6) is 0.712. The number of methoxy groups -OCH3 is 1. The summed E-state index contributed by atoms with van der Waals surface area (Å²) in [7, 11) is 1.61. The fourth-order valence-electron chi connectivity index (χ4n) is 3.30. The molecule has 0 saturated carbocycles. The lowest BCUT2D eigenvalue weighted by atomic mass is 10.2. The van der Waals surface area contributed by atoms with Gasteiger partial charge in [-0.15, -0.1) is 0 Å². The number of carbonyl (C=O) groups excluding carboxylic acids is 2. The minimum absolute atomic E-state index is 0.0868. The molecule has 0 radical (unpaired) electrons. The number of nitrogens with zero attached hydrogens (tertiary/aromatic N) is 2. The molecule has 2 aromatic rings. The zero-order valence-corrected chi connectivity index (χ0v) is 19.4. The van der Waals surface area contributed by atoms with Crippen molar-refractivity contribution in [3.63, 3.8) is 0 Å². The minimum atomic E-state index is -0.109. The smallest absolute Gasteiger partial charge is 0.266 e. The number of rotatable bonds is 9. The van der Waals surface area contributed by atoms with Gasteiger partial charge in [-0.05, 0) is 42.7 Å². The highest BCUT2D eigenvalue weighted by Crippen LogP contribution is 2.33. The Kier molecular flexibility index (Phi) is 8.26. The minimum Gasteiger partial charge on any atom is -0.497 e. The first-order valence-corrected chi connectivity index (χ1v) is 11.5. The molecule has 1 heterocycles.